The second kappa shape index (κ2) is 10.7. The number of hydrogen-bond acceptors (Lipinski definition) is 7. The maximum Gasteiger partial charge on any atom is 0.339 e. The smallest absolute Gasteiger partial charge is 0.339 e. The van der Waals surface area contributed by atoms with E-state index in [1.165, 1.54) is 24.3 Å². The molecule has 0 fully saturated rings. The standard InChI is InChI=1S/C27H21ClN2O5S/c1-3-7-19-14-18(15-20(17-29)27-30-23-8-5-6-9-24(23)34-27)16-25(33-4-2)26(19)35-36(31,32)22-12-10-21(28)11-13-22/h3,5-6,8-16H,1,4,7H2,2H3/b20-15+. The predicted molar refractivity (Wildman–Crippen MR) is 138 cm³/mol. The van der Waals surface area contributed by atoms with Gasteiger partial charge in [0, 0.05) is 10.6 Å². The van der Waals surface area contributed by atoms with Gasteiger partial charge in [-0.1, -0.05) is 29.8 Å². The Morgan fingerprint density at radius 1 is 1.19 bits per heavy atom. The predicted octanol–water partition coefficient (Wildman–Crippen LogP) is 6.44. The van der Waals surface area contributed by atoms with Crippen molar-refractivity contribution in [1.82, 2.24) is 4.98 Å². The van der Waals surface area contributed by atoms with Crippen molar-refractivity contribution in [1.29, 1.82) is 5.26 Å². The summed E-state index contributed by atoms with van der Waals surface area (Å²) < 4.78 is 43.0. The maximum absolute atomic E-state index is 13.0. The summed E-state index contributed by atoms with van der Waals surface area (Å²) in [4.78, 5) is 4.33. The van der Waals surface area contributed by atoms with Crippen LogP contribution in [0.5, 0.6) is 11.5 Å². The highest BCUT2D eigenvalue weighted by atomic mass is 35.5. The largest absolute Gasteiger partial charge is 0.490 e. The van der Waals surface area contributed by atoms with Gasteiger partial charge in [0.25, 0.3) is 0 Å². The van der Waals surface area contributed by atoms with Gasteiger partial charge in [-0.2, -0.15) is 13.7 Å². The third-order valence-corrected chi connectivity index (χ3v) is 6.56. The molecule has 0 N–H and O–H groups in total. The van der Waals surface area contributed by atoms with E-state index in [4.69, 9.17) is 24.9 Å². The summed E-state index contributed by atoms with van der Waals surface area (Å²) in [5.74, 6) is 0.423. The molecule has 0 unspecified atom stereocenters. The van der Waals surface area contributed by atoms with Crippen LogP contribution in [0, 0.1) is 11.3 Å². The molecule has 0 atom stereocenters. The molecular formula is C27H21ClN2O5S. The lowest BCUT2D eigenvalue weighted by Crippen LogP contribution is -2.12. The molecule has 0 aliphatic carbocycles. The molecule has 0 saturated carbocycles. The number of allylic oxidation sites excluding steroid dienone is 2. The number of ether oxygens (including phenoxy) is 1. The van der Waals surface area contributed by atoms with Gasteiger partial charge in [0.2, 0.25) is 5.89 Å². The van der Waals surface area contributed by atoms with Gasteiger partial charge in [0.15, 0.2) is 17.1 Å². The number of rotatable bonds is 9. The number of nitrogens with zero attached hydrogens (tertiary/aromatic N) is 2. The molecule has 36 heavy (non-hydrogen) atoms. The van der Waals surface area contributed by atoms with Gasteiger partial charge in [-0.05, 0) is 73.5 Å². The highest BCUT2D eigenvalue weighted by molar-refractivity contribution is 7.87. The molecule has 0 radical (unpaired) electrons. The molecule has 182 valence electrons. The van der Waals surface area contributed by atoms with Crippen molar-refractivity contribution < 1.29 is 21.8 Å². The molecule has 0 spiro atoms. The van der Waals surface area contributed by atoms with Crippen LogP contribution < -0.4 is 8.92 Å². The first-order valence-corrected chi connectivity index (χ1v) is 12.7. The van der Waals surface area contributed by atoms with E-state index in [1.54, 1.807) is 43.3 Å². The third kappa shape index (κ3) is 5.43. The Kier molecular flexibility index (Phi) is 7.44. The zero-order valence-electron chi connectivity index (χ0n) is 19.3. The molecule has 0 bridgehead atoms. The van der Waals surface area contributed by atoms with Crippen LogP contribution in [0.15, 0.2) is 82.6 Å². The van der Waals surface area contributed by atoms with E-state index >= 15 is 0 Å². The lowest BCUT2D eigenvalue weighted by atomic mass is 10.0. The average molecular weight is 521 g/mol. The first-order valence-electron chi connectivity index (χ1n) is 10.9. The maximum atomic E-state index is 13.0. The summed E-state index contributed by atoms with van der Waals surface area (Å²) in [6, 6.07) is 18.3. The molecule has 0 saturated heterocycles. The fraction of sp³-hybridized carbons (Fsp3) is 0.111. The van der Waals surface area contributed by atoms with E-state index in [9.17, 15) is 13.7 Å². The Morgan fingerprint density at radius 3 is 2.61 bits per heavy atom. The number of oxazole rings is 1. The highest BCUT2D eigenvalue weighted by Crippen LogP contribution is 2.37. The van der Waals surface area contributed by atoms with Crippen molar-refractivity contribution in [3.05, 3.63) is 95.4 Å². The lowest BCUT2D eigenvalue weighted by molar-refractivity contribution is 0.326. The molecule has 9 heteroatoms. The summed E-state index contributed by atoms with van der Waals surface area (Å²) in [6.07, 6.45) is 3.50. The summed E-state index contributed by atoms with van der Waals surface area (Å²) >= 11 is 5.89. The fourth-order valence-electron chi connectivity index (χ4n) is 3.49. The molecule has 3 aromatic carbocycles. The first-order chi connectivity index (χ1) is 17.3. The van der Waals surface area contributed by atoms with Gasteiger partial charge in [-0.3, -0.25) is 0 Å². The van der Waals surface area contributed by atoms with Crippen LogP contribution in [0.4, 0.5) is 0 Å². The van der Waals surface area contributed by atoms with Crippen molar-refractivity contribution >= 4 is 44.5 Å². The quantitative estimate of drug-likeness (QED) is 0.142. The first kappa shape index (κ1) is 25.0. The minimum atomic E-state index is -4.18. The van der Waals surface area contributed by atoms with Crippen molar-refractivity contribution in [3.63, 3.8) is 0 Å². The van der Waals surface area contributed by atoms with Crippen molar-refractivity contribution in [2.45, 2.75) is 18.2 Å². The zero-order chi connectivity index (χ0) is 25.7. The zero-order valence-corrected chi connectivity index (χ0v) is 20.8. The van der Waals surface area contributed by atoms with Gasteiger partial charge >= 0.3 is 10.1 Å². The van der Waals surface area contributed by atoms with Gasteiger partial charge in [0.1, 0.15) is 22.1 Å². The molecule has 4 aromatic rings. The highest BCUT2D eigenvalue weighted by Gasteiger charge is 2.23. The minimum absolute atomic E-state index is 0.0456. The fourth-order valence-corrected chi connectivity index (χ4v) is 4.59. The Hall–Kier alpha value is -4.06. The number of halogens is 1. The number of fused-ring (bicyclic) bond motifs is 1. The van der Waals surface area contributed by atoms with Gasteiger partial charge in [-0.15, -0.1) is 6.58 Å². The van der Waals surface area contributed by atoms with Gasteiger partial charge in [0.05, 0.1) is 6.61 Å². The summed E-state index contributed by atoms with van der Waals surface area (Å²) in [7, 11) is -4.18. The van der Waals surface area contributed by atoms with E-state index in [1.807, 2.05) is 12.1 Å². The van der Waals surface area contributed by atoms with Crippen LogP contribution in [0.3, 0.4) is 0 Å². The van der Waals surface area contributed by atoms with Crippen LogP contribution in [-0.2, 0) is 16.5 Å². The van der Waals surface area contributed by atoms with Crippen molar-refractivity contribution in [2.24, 2.45) is 0 Å². The van der Waals surface area contributed by atoms with E-state index in [2.05, 4.69) is 17.6 Å². The number of aromatic nitrogens is 1. The van der Waals surface area contributed by atoms with Gasteiger partial charge < -0.3 is 13.3 Å². The number of hydrogen-bond donors (Lipinski definition) is 0. The van der Waals surface area contributed by atoms with E-state index in [0.717, 1.165) is 0 Å². The summed E-state index contributed by atoms with van der Waals surface area (Å²) in [6.45, 7) is 5.79. The molecule has 1 aromatic heterocycles. The van der Waals surface area contributed by atoms with E-state index < -0.39 is 10.1 Å². The molecular weight excluding hydrogens is 500 g/mol. The normalized spacial score (nSPS) is 11.8. The summed E-state index contributed by atoms with van der Waals surface area (Å²) in [5.41, 5.74) is 2.47. The molecule has 0 aliphatic rings. The van der Waals surface area contributed by atoms with Crippen LogP contribution in [0.25, 0.3) is 22.7 Å². The molecule has 4 rings (SSSR count). The Morgan fingerprint density at radius 2 is 1.94 bits per heavy atom. The summed E-state index contributed by atoms with van der Waals surface area (Å²) in [5, 5.41) is 10.2. The van der Waals surface area contributed by atoms with Crippen LogP contribution in [0.2, 0.25) is 5.02 Å². The van der Waals surface area contributed by atoms with Crippen LogP contribution >= 0.6 is 11.6 Å². The van der Waals surface area contributed by atoms with Gasteiger partial charge in [-0.25, -0.2) is 4.98 Å². The molecule has 7 nitrogen and oxygen atoms in total. The second-order valence-corrected chi connectivity index (χ2v) is 9.56. The van der Waals surface area contributed by atoms with Crippen LogP contribution in [0.1, 0.15) is 23.9 Å². The van der Waals surface area contributed by atoms with E-state index in [0.29, 0.717) is 27.2 Å². The molecule has 0 amide bonds. The van der Waals surface area contributed by atoms with Crippen molar-refractivity contribution in [3.8, 4) is 17.6 Å². The number of para-hydroxylation sites is 2. The second-order valence-electron chi connectivity index (χ2n) is 7.58. The molecule has 0 aliphatic heterocycles. The van der Waals surface area contributed by atoms with Crippen LogP contribution in [-0.4, -0.2) is 20.0 Å². The Balaban J connectivity index is 1.79. The molecule has 1 heterocycles. The average Bonchev–Trinajstić information content (AvgIpc) is 3.29. The Bertz CT molecular complexity index is 1570. The number of nitriles is 1. The van der Waals surface area contributed by atoms with Crippen molar-refractivity contribution in [2.75, 3.05) is 6.61 Å². The SMILES string of the molecule is C=CCc1cc(/C=C(\C#N)c2nc3ccccc3o2)cc(OCC)c1OS(=O)(=O)c1ccc(Cl)cc1. The number of benzene rings is 3. The monoisotopic (exact) mass is 520 g/mol. The lowest BCUT2D eigenvalue weighted by Gasteiger charge is -2.16. The van der Waals surface area contributed by atoms with E-state index in [-0.39, 0.29) is 40.9 Å². The Labute approximate surface area is 214 Å². The third-order valence-electron chi connectivity index (χ3n) is 5.07. The topological polar surface area (TPSA) is 102 Å². The minimum Gasteiger partial charge on any atom is -0.490 e.